The van der Waals surface area contributed by atoms with E-state index in [1.807, 2.05) is 35.9 Å². The first kappa shape index (κ1) is 24.7. The van der Waals surface area contributed by atoms with Gasteiger partial charge < -0.3 is 25.8 Å². The summed E-state index contributed by atoms with van der Waals surface area (Å²) in [5.41, 5.74) is 2.16. The van der Waals surface area contributed by atoms with Gasteiger partial charge in [-0.15, -0.1) is 24.0 Å². The molecule has 0 bridgehead atoms. The molecule has 0 fully saturated rings. The van der Waals surface area contributed by atoms with E-state index in [1.54, 1.807) is 25.4 Å². The van der Waals surface area contributed by atoms with E-state index in [1.165, 1.54) is 0 Å². The number of nitrogens with zero attached hydrogens (tertiary/aromatic N) is 1. The van der Waals surface area contributed by atoms with Gasteiger partial charge >= 0.3 is 0 Å². The molecule has 1 heterocycles. The minimum absolute atomic E-state index is 0. The SMILES string of the molecule is CCNC(=NCc1ccc(NCCOC)cc1)NCC(C)(O)c1ccsc1.I. The number of methoxy groups -OCH3 is 1. The maximum Gasteiger partial charge on any atom is 0.191 e. The molecule has 1 atom stereocenters. The summed E-state index contributed by atoms with van der Waals surface area (Å²) in [6, 6.07) is 10.1. The van der Waals surface area contributed by atoms with Crippen LogP contribution in [0.25, 0.3) is 0 Å². The Hall–Kier alpha value is -1.36. The van der Waals surface area contributed by atoms with Crippen LogP contribution in [0.4, 0.5) is 5.69 Å². The smallest absolute Gasteiger partial charge is 0.191 e. The molecule has 2 aromatic rings. The van der Waals surface area contributed by atoms with E-state index in [-0.39, 0.29) is 24.0 Å². The van der Waals surface area contributed by atoms with Crippen LogP contribution in [-0.2, 0) is 16.9 Å². The topological polar surface area (TPSA) is 77.9 Å². The van der Waals surface area contributed by atoms with Crippen LogP contribution < -0.4 is 16.0 Å². The van der Waals surface area contributed by atoms with Crippen LogP contribution in [0.3, 0.4) is 0 Å². The standard InChI is InChI=1S/C20H30N4O2S.HI/c1-4-21-19(24-15-20(2,25)17-9-12-27-14-17)23-13-16-5-7-18(8-6-16)22-10-11-26-3;/h5-9,12,14,22,25H,4,10-11,13,15H2,1-3H3,(H2,21,23,24);1H. The molecule has 0 spiro atoms. The van der Waals surface area contributed by atoms with Crippen LogP contribution in [0.15, 0.2) is 46.1 Å². The Balaban J connectivity index is 0.00000392. The Bertz CT molecular complexity index is 691. The van der Waals surface area contributed by atoms with E-state index in [4.69, 9.17) is 4.74 Å². The van der Waals surface area contributed by atoms with Crippen molar-refractivity contribution in [3.05, 3.63) is 52.2 Å². The van der Waals surface area contributed by atoms with Crippen molar-refractivity contribution in [1.29, 1.82) is 0 Å². The summed E-state index contributed by atoms with van der Waals surface area (Å²) >= 11 is 1.58. The summed E-state index contributed by atoms with van der Waals surface area (Å²) in [5, 5.41) is 24.3. The van der Waals surface area contributed by atoms with E-state index in [0.717, 1.165) is 29.9 Å². The highest BCUT2D eigenvalue weighted by Gasteiger charge is 2.23. The van der Waals surface area contributed by atoms with Crippen LogP contribution in [-0.4, -0.2) is 44.4 Å². The molecular formula is C20H31IN4O2S. The number of benzene rings is 1. The highest BCUT2D eigenvalue weighted by atomic mass is 127. The van der Waals surface area contributed by atoms with Crippen LogP contribution in [0.1, 0.15) is 25.0 Å². The fraction of sp³-hybridized carbons (Fsp3) is 0.450. The van der Waals surface area contributed by atoms with Gasteiger partial charge in [-0.25, -0.2) is 4.99 Å². The summed E-state index contributed by atoms with van der Waals surface area (Å²) in [5.74, 6) is 0.690. The van der Waals surface area contributed by atoms with Gasteiger partial charge in [0.25, 0.3) is 0 Å². The molecule has 1 unspecified atom stereocenters. The van der Waals surface area contributed by atoms with Crippen LogP contribution >= 0.6 is 35.3 Å². The van der Waals surface area contributed by atoms with Gasteiger partial charge in [-0.2, -0.15) is 11.3 Å². The van der Waals surface area contributed by atoms with Crippen molar-refractivity contribution < 1.29 is 9.84 Å². The molecule has 8 heteroatoms. The molecule has 1 aromatic carbocycles. The normalized spacial score (nSPS) is 13.4. The van der Waals surface area contributed by atoms with Gasteiger partial charge in [0.05, 0.1) is 19.7 Å². The third-order valence-electron chi connectivity index (χ3n) is 4.10. The first-order valence-electron chi connectivity index (χ1n) is 9.14. The second-order valence-corrected chi connectivity index (χ2v) is 7.23. The van der Waals surface area contributed by atoms with E-state index in [9.17, 15) is 5.11 Å². The molecule has 156 valence electrons. The number of guanidine groups is 1. The van der Waals surface area contributed by atoms with Gasteiger partial charge in [0, 0.05) is 25.9 Å². The third kappa shape index (κ3) is 8.34. The number of hydrogen-bond acceptors (Lipinski definition) is 5. The molecule has 0 aliphatic rings. The predicted molar refractivity (Wildman–Crippen MR) is 129 cm³/mol. The van der Waals surface area contributed by atoms with Crippen molar-refractivity contribution in [2.45, 2.75) is 26.0 Å². The number of ether oxygens (including phenoxy) is 1. The quantitative estimate of drug-likeness (QED) is 0.168. The number of anilines is 1. The second kappa shape index (κ2) is 13.0. The first-order chi connectivity index (χ1) is 13.0. The summed E-state index contributed by atoms with van der Waals surface area (Å²) in [6.07, 6.45) is 0. The summed E-state index contributed by atoms with van der Waals surface area (Å²) < 4.78 is 5.03. The Kier molecular flexibility index (Phi) is 11.4. The number of nitrogens with one attached hydrogen (secondary N) is 3. The minimum atomic E-state index is -0.939. The number of rotatable bonds is 10. The molecule has 6 nitrogen and oxygen atoms in total. The van der Waals surface area contributed by atoms with Gasteiger partial charge in [-0.1, -0.05) is 12.1 Å². The van der Waals surface area contributed by atoms with Gasteiger partial charge in [-0.05, 0) is 53.9 Å². The Labute approximate surface area is 188 Å². The van der Waals surface area contributed by atoms with E-state index >= 15 is 0 Å². The number of aliphatic hydroxyl groups is 1. The van der Waals surface area contributed by atoms with Gasteiger partial charge in [0.2, 0.25) is 0 Å². The average Bonchev–Trinajstić information content (AvgIpc) is 3.21. The maximum atomic E-state index is 10.6. The number of halogens is 1. The van der Waals surface area contributed by atoms with Gasteiger partial charge in [0.1, 0.15) is 5.60 Å². The fourth-order valence-electron chi connectivity index (χ4n) is 2.47. The van der Waals surface area contributed by atoms with Gasteiger partial charge in [-0.3, -0.25) is 0 Å². The molecule has 0 amide bonds. The molecule has 0 radical (unpaired) electrons. The lowest BCUT2D eigenvalue weighted by Crippen LogP contribution is -2.44. The predicted octanol–water partition coefficient (Wildman–Crippen LogP) is 3.39. The average molecular weight is 518 g/mol. The zero-order valence-electron chi connectivity index (χ0n) is 16.7. The molecule has 4 N–H and O–H groups in total. The number of hydrogen-bond donors (Lipinski definition) is 4. The van der Waals surface area contributed by atoms with Crippen molar-refractivity contribution in [3.8, 4) is 0 Å². The largest absolute Gasteiger partial charge is 0.384 e. The van der Waals surface area contributed by atoms with E-state index < -0.39 is 5.60 Å². The molecular weight excluding hydrogens is 487 g/mol. The fourth-order valence-corrected chi connectivity index (χ4v) is 3.25. The highest BCUT2D eigenvalue weighted by molar-refractivity contribution is 14.0. The van der Waals surface area contributed by atoms with Crippen molar-refractivity contribution in [2.75, 3.05) is 38.7 Å². The van der Waals surface area contributed by atoms with Crippen molar-refractivity contribution >= 4 is 47.0 Å². The lowest BCUT2D eigenvalue weighted by Gasteiger charge is -2.24. The van der Waals surface area contributed by atoms with Crippen molar-refractivity contribution in [2.24, 2.45) is 4.99 Å². The third-order valence-corrected chi connectivity index (χ3v) is 4.78. The Morgan fingerprint density at radius 3 is 2.57 bits per heavy atom. The van der Waals surface area contributed by atoms with Crippen LogP contribution in [0.2, 0.25) is 0 Å². The zero-order chi connectivity index (χ0) is 19.5. The monoisotopic (exact) mass is 518 g/mol. The minimum Gasteiger partial charge on any atom is -0.384 e. The Morgan fingerprint density at radius 2 is 1.96 bits per heavy atom. The highest BCUT2D eigenvalue weighted by Crippen LogP contribution is 2.21. The molecule has 0 saturated carbocycles. The molecule has 0 aliphatic heterocycles. The lowest BCUT2D eigenvalue weighted by molar-refractivity contribution is 0.0621. The first-order valence-corrected chi connectivity index (χ1v) is 10.1. The maximum absolute atomic E-state index is 10.6. The molecule has 28 heavy (non-hydrogen) atoms. The van der Waals surface area contributed by atoms with Gasteiger partial charge in [0.15, 0.2) is 5.96 Å². The Morgan fingerprint density at radius 1 is 1.21 bits per heavy atom. The van der Waals surface area contributed by atoms with Crippen LogP contribution in [0.5, 0.6) is 0 Å². The second-order valence-electron chi connectivity index (χ2n) is 6.45. The lowest BCUT2D eigenvalue weighted by atomic mass is 9.99. The number of aliphatic imine (C=N–C) groups is 1. The zero-order valence-corrected chi connectivity index (χ0v) is 19.8. The molecule has 0 saturated heterocycles. The number of thiophene rings is 1. The molecule has 2 rings (SSSR count). The van der Waals surface area contributed by atoms with Crippen molar-refractivity contribution in [1.82, 2.24) is 10.6 Å². The van der Waals surface area contributed by atoms with E-state index in [2.05, 4.69) is 33.1 Å². The summed E-state index contributed by atoms with van der Waals surface area (Å²) in [4.78, 5) is 4.62. The molecule has 1 aromatic heterocycles. The summed E-state index contributed by atoms with van der Waals surface area (Å²) in [7, 11) is 1.69. The van der Waals surface area contributed by atoms with Crippen LogP contribution in [0, 0.1) is 0 Å². The van der Waals surface area contributed by atoms with E-state index in [0.29, 0.717) is 25.7 Å². The molecule has 0 aliphatic carbocycles. The van der Waals surface area contributed by atoms with Crippen molar-refractivity contribution in [3.63, 3.8) is 0 Å². The summed E-state index contributed by atoms with van der Waals surface area (Å²) in [6.45, 7) is 7.00.